The molecule has 1 rings (SSSR count). The topological polar surface area (TPSA) is 175 Å². The van der Waals surface area contributed by atoms with Crippen molar-refractivity contribution in [1.82, 2.24) is 0 Å². The highest BCUT2D eigenvalue weighted by atomic mass is 16.7. The smallest absolute Gasteiger partial charge is 0.335 e. The number of hydrogen-bond donors (Lipinski definition) is 3. The lowest BCUT2D eigenvalue weighted by Gasteiger charge is -2.40. The lowest BCUT2D eigenvalue weighted by molar-refractivity contribution is -0.301. The van der Waals surface area contributed by atoms with Gasteiger partial charge in [0.2, 0.25) is 0 Å². The van der Waals surface area contributed by atoms with E-state index in [0.717, 1.165) is 103 Å². The summed E-state index contributed by atoms with van der Waals surface area (Å²) in [6.45, 7) is 5.55. The van der Waals surface area contributed by atoms with Crippen LogP contribution < -0.4 is 0 Å². The number of aliphatic carboxylic acids is 1. The van der Waals surface area contributed by atoms with Gasteiger partial charge in [-0.3, -0.25) is 14.4 Å². The van der Waals surface area contributed by atoms with Crippen molar-refractivity contribution in [3.63, 3.8) is 0 Å². The number of esters is 3. The first kappa shape index (κ1) is 67.9. The maximum Gasteiger partial charge on any atom is 0.335 e. The van der Waals surface area contributed by atoms with E-state index in [1.807, 2.05) is 36.5 Å². The summed E-state index contributed by atoms with van der Waals surface area (Å²) in [6.07, 6.45) is 57.6. The summed E-state index contributed by atoms with van der Waals surface area (Å²) in [5.74, 6) is -3.43. The number of allylic oxidation sites excluding steroid dienone is 21. The van der Waals surface area contributed by atoms with Crippen molar-refractivity contribution in [3.05, 3.63) is 134 Å². The molecule has 12 heteroatoms. The van der Waals surface area contributed by atoms with E-state index < -0.39 is 73.9 Å². The molecule has 6 unspecified atom stereocenters. The molecule has 0 radical (unpaired) electrons. The van der Waals surface area contributed by atoms with Gasteiger partial charge in [0.1, 0.15) is 18.8 Å². The number of unbranched alkanes of at least 4 members (excludes halogenated alkanes) is 10. The van der Waals surface area contributed by atoms with Crippen molar-refractivity contribution >= 4 is 23.9 Å². The van der Waals surface area contributed by atoms with Crippen LogP contribution in [0.2, 0.25) is 0 Å². The molecular weight excluding hydrogens is 949 g/mol. The second-order valence-electron chi connectivity index (χ2n) is 18.5. The number of aliphatic hydroxyl groups is 2. The molecule has 6 atom stereocenters. The number of carbonyl (C=O) groups excluding carboxylic acids is 3. The Hall–Kier alpha value is -5.14. The summed E-state index contributed by atoms with van der Waals surface area (Å²) in [5.41, 5.74) is 0. The van der Waals surface area contributed by atoms with E-state index in [-0.39, 0.29) is 19.3 Å². The Balaban J connectivity index is 2.80. The lowest BCUT2D eigenvalue weighted by Crippen LogP contribution is -2.61. The van der Waals surface area contributed by atoms with Gasteiger partial charge in [-0.15, -0.1) is 0 Å². The fraction of sp³-hybridized carbons (Fsp3) is 0.587. The van der Waals surface area contributed by atoms with E-state index in [9.17, 15) is 34.5 Å². The number of aliphatic hydroxyl groups excluding tert-OH is 2. The molecule has 1 fully saturated rings. The Morgan fingerprint density at radius 3 is 1.40 bits per heavy atom. The Morgan fingerprint density at radius 2 is 0.907 bits per heavy atom. The van der Waals surface area contributed by atoms with E-state index in [4.69, 9.17) is 23.7 Å². The molecule has 75 heavy (non-hydrogen) atoms. The third-order valence-corrected chi connectivity index (χ3v) is 11.7. The van der Waals surface area contributed by atoms with Crippen molar-refractivity contribution in [2.75, 3.05) is 13.2 Å². The molecule has 3 N–H and O–H groups in total. The van der Waals surface area contributed by atoms with Gasteiger partial charge in [0, 0.05) is 12.8 Å². The van der Waals surface area contributed by atoms with Gasteiger partial charge in [-0.05, 0) is 103 Å². The number of carboxylic acids is 1. The summed E-state index contributed by atoms with van der Waals surface area (Å²) in [6, 6.07) is 0. The fourth-order valence-corrected chi connectivity index (χ4v) is 7.48. The number of ether oxygens (including phenoxy) is 5. The average molecular weight is 1050 g/mol. The number of carboxylic acid groups (broad SMARTS) is 1. The summed E-state index contributed by atoms with van der Waals surface area (Å²) in [5, 5.41) is 31.4. The van der Waals surface area contributed by atoms with Crippen LogP contribution in [-0.2, 0) is 42.9 Å². The summed E-state index contributed by atoms with van der Waals surface area (Å²) in [4.78, 5) is 50.9. The van der Waals surface area contributed by atoms with Crippen LogP contribution in [0, 0.1) is 0 Å². The van der Waals surface area contributed by atoms with Gasteiger partial charge < -0.3 is 39.0 Å². The Morgan fingerprint density at radius 1 is 0.467 bits per heavy atom. The van der Waals surface area contributed by atoms with E-state index in [1.54, 1.807) is 6.08 Å². The Labute approximate surface area is 451 Å². The van der Waals surface area contributed by atoms with E-state index in [2.05, 4.69) is 112 Å². The van der Waals surface area contributed by atoms with Crippen molar-refractivity contribution in [1.29, 1.82) is 0 Å². The summed E-state index contributed by atoms with van der Waals surface area (Å²) >= 11 is 0. The zero-order valence-electron chi connectivity index (χ0n) is 46.0. The van der Waals surface area contributed by atoms with Gasteiger partial charge >= 0.3 is 23.9 Å². The molecule has 0 bridgehead atoms. The highest BCUT2D eigenvalue weighted by Gasteiger charge is 2.50. The molecule has 0 aromatic rings. The first-order chi connectivity index (χ1) is 36.6. The lowest BCUT2D eigenvalue weighted by atomic mass is 9.98. The Kier molecular flexibility index (Phi) is 45.0. The van der Waals surface area contributed by atoms with Gasteiger partial charge in [0.15, 0.2) is 24.6 Å². The zero-order chi connectivity index (χ0) is 54.7. The van der Waals surface area contributed by atoms with Crippen LogP contribution in [0.1, 0.15) is 188 Å². The monoisotopic (exact) mass is 1040 g/mol. The molecule has 0 aromatic heterocycles. The molecule has 1 aliphatic heterocycles. The van der Waals surface area contributed by atoms with Crippen LogP contribution in [0.3, 0.4) is 0 Å². The first-order valence-electron chi connectivity index (χ1n) is 28.2. The minimum absolute atomic E-state index is 0.0139. The number of carbonyl (C=O) groups is 4. The minimum Gasteiger partial charge on any atom is -0.479 e. The third-order valence-electron chi connectivity index (χ3n) is 11.7. The molecule has 1 heterocycles. The first-order valence-corrected chi connectivity index (χ1v) is 28.2. The fourth-order valence-electron chi connectivity index (χ4n) is 7.48. The molecular formula is C63H96O12. The van der Waals surface area contributed by atoms with Crippen molar-refractivity contribution in [2.24, 2.45) is 0 Å². The van der Waals surface area contributed by atoms with Gasteiger partial charge in [0.25, 0.3) is 0 Å². The van der Waals surface area contributed by atoms with E-state index in [1.165, 1.54) is 19.3 Å². The highest BCUT2D eigenvalue weighted by molar-refractivity contribution is 5.74. The average Bonchev–Trinajstić information content (AvgIpc) is 3.39. The van der Waals surface area contributed by atoms with Crippen LogP contribution in [0.15, 0.2) is 134 Å². The molecule has 0 saturated carbocycles. The minimum atomic E-state index is -1.93. The zero-order valence-corrected chi connectivity index (χ0v) is 46.0. The summed E-state index contributed by atoms with van der Waals surface area (Å²) in [7, 11) is 0. The largest absolute Gasteiger partial charge is 0.479 e. The second-order valence-corrected chi connectivity index (χ2v) is 18.5. The standard InChI is InChI=1S/C63H96O12/c1-4-7-10-13-16-19-22-25-27-28-30-33-36-39-42-45-48-51-57(66)74-61-59(68)58(67)60(62(69)70)75-63(61)72-53-54(73-56(65)50-47-44-41-38-35-31-24-21-18-15-12-9-6-3)52-71-55(64)49-46-43-40-37-34-32-29-26-23-20-17-14-11-8-5-2/h8-9,11-12,16-21,25-27,29,31,34-35,37,41,43-44,46,54,58-61,63,67-68H,4-7,10,13-15,22-24,28,30,32-33,36,38-40,42,45,47-53H2,1-3H3,(H,69,70)/b11-8-,12-9-,19-16-,20-17-,21-18-,27-25-,29-26-,35-31-,37-34-,44-41-,46-43-. The predicted octanol–water partition coefficient (Wildman–Crippen LogP) is 14.2. The predicted molar refractivity (Wildman–Crippen MR) is 303 cm³/mol. The molecule has 0 spiro atoms. The van der Waals surface area contributed by atoms with Crippen LogP contribution in [0.4, 0.5) is 0 Å². The number of rotatable bonds is 45. The molecule has 1 aliphatic rings. The maximum atomic E-state index is 13.1. The normalized spacial score (nSPS) is 19.2. The van der Waals surface area contributed by atoms with Gasteiger partial charge in [-0.2, -0.15) is 0 Å². The van der Waals surface area contributed by atoms with Gasteiger partial charge in [-0.1, -0.05) is 199 Å². The number of hydrogen-bond acceptors (Lipinski definition) is 11. The molecule has 0 aliphatic carbocycles. The molecule has 0 amide bonds. The van der Waals surface area contributed by atoms with Crippen LogP contribution in [-0.4, -0.2) is 89.2 Å². The molecule has 0 aromatic carbocycles. The van der Waals surface area contributed by atoms with Crippen LogP contribution in [0.5, 0.6) is 0 Å². The van der Waals surface area contributed by atoms with Crippen molar-refractivity contribution < 1.29 is 58.2 Å². The quantitative estimate of drug-likeness (QED) is 0.0228. The van der Waals surface area contributed by atoms with Crippen molar-refractivity contribution in [3.8, 4) is 0 Å². The highest BCUT2D eigenvalue weighted by Crippen LogP contribution is 2.26. The maximum absolute atomic E-state index is 13.1. The summed E-state index contributed by atoms with van der Waals surface area (Å²) < 4.78 is 28.1. The Bertz CT molecular complexity index is 1810. The second kappa shape index (κ2) is 49.7. The van der Waals surface area contributed by atoms with Crippen molar-refractivity contribution in [2.45, 2.75) is 225 Å². The van der Waals surface area contributed by atoms with Gasteiger partial charge in [-0.25, -0.2) is 4.79 Å². The van der Waals surface area contributed by atoms with E-state index in [0.29, 0.717) is 25.7 Å². The van der Waals surface area contributed by atoms with Crippen LogP contribution >= 0.6 is 0 Å². The third kappa shape index (κ3) is 39.9. The molecule has 1 saturated heterocycles. The molecule has 420 valence electrons. The SMILES string of the molecule is CC/C=C\C/C=C\C/C=C\C/C=C\C/C=C\CC(=O)OCC(COC1OC(C(=O)O)C(O)C(O)C1OC(=O)CCCCCCCCC/C=C\C/C=C\CCCCC)OC(=O)CC/C=C\C/C=C\C/C=C\C/C=C\CC. The van der Waals surface area contributed by atoms with Crippen LogP contribution in [0.25, 0.3) is 0 Å². The van der Waals surface area contributed by atoms with Gasteiger partial charge in [0.05, 0.1) is 13.0 Å². The van der Waals surface area contributed by atoms with E-state index >= 15 is 0 Å². The molecule has 12 nitrogen and oxygen atoms in total.